The number of hydrogen-bond acceptors (Lipinski definition) is 1. The molecule has 2 aromatic heterocycles. The van der Waals surface area contributed by atoms with E-state index in [-0.39, 0.29) is 5.78 Å². The molecule has 6 aromatic rings. The average molecular weight is 547 g/mol. The van der Waals surface area contributed by atoms with Crippen molar-refractivity contribution in [3.05, 3.63) is 132 Å². The van der Waals surface area contributed by atoms with Crippen molar-refractivity contribution in [3.63, 3.8) is 0 Å². The zero-order valence-electron chi connectivity index (χ0n) is 24.2. The van der Waals surface area contributed by atoms with Gasteiger partial charge in [-0.3, -0.25) is 4.79 Å². The standard InChI is InChI=1S/C39H34N2O/c1-3-40-35-17-7-5-15-31(35)33-25-27(19-23-37(33)40)11-9-13-29-21-22-30(39(29)42)14-10-12-28-20-24-38-34(26-28)32-16-6-8-18-36(32)41(38)4-2/h5-20,23-26H,3-4,21-22H2,1-2H3. The minimum atomic E-state index is 0.159. The summed E-state index contributed by atoms with van der Waals surface area (Å²) >= 11 is 0. The molecule has 3 heteroatoms. The molecular formula is C39H34N2O. The van der Waals surface area contributed by atoms with E-state index in [2.05, 4.69) is 120 Å². The number of fused-ring (bicyclic) bond motifs is 6. The number of Topliss-reactive ketones (excluding diaryl/α,β-unsaturated/α-hetero) is 1. The highest BCUT2D eigenvalue weighted by Crippen LogP contribution is 2.32. The molecule has 0 N–H and O–H groups in total. The fourth-order valence-electron chi connectivity index (χ4n) is 6.60. The number of carbonyl (C=O) groups is 1. The van der Waals surface area contributed by atoms with Crippen LogP contribution in [-0.2, 0) is 17.9 Å². The molecule has 0 radical (unpaired) electrons. The Balaban J connectivity index is 1.08. The molecule has 3 nitrogen and oxygen atoms in total. The zero-order chi connectivity index (χ0) is 28.6. The molecule has 1 aliphatic carbocycles. The maximum atomic E-state index is 13.1. The molecule has 7 rings (SSSR count). The maximum absolute atomic E-state index is 13.1. The molecular weight excluding hydrogens is 512 g/mol. The minimum Gasteiger partial charge on any atom is -0.341 e. The number of para-hydroxylation sites is 2. The van der Waals surface area contributed by atoms with Gasteiger partial charge in [-0.15, -0.1) is 0 Å². The third-order valence-electron chi connectivity index (χ3n) is 8.64. The number of allylic oxidation sites excluding steroid dienone is 6. The number of carbonyl (C=O) groups excluding carboxylic acids is 1. The third-order valence-corrected chi connectivity index (χ3v) is 8.64. The van der Waals surface area contributed by atoms with E-state index < -0.39 is 0 Å². The Hall–Kier alpha value is -4.89. The molecule has 0 aliphatic heterocycles. The summed E-state index contributed by atoms with van der Waals surface area (Å²) in [5, 5.41) is 5.10. The lowest BCUT2D eigenvalue weighted by Gasteiger charge is -2.02. The van der Waals surface area contributed by atoms with Crippen molar-refractivity contribution in [3.8, 4) is 0 Å². The van der Waals surface area contributed by atoms with E-state index >= 15 is 0 Å². The van der Waals surface area contributed by atoms with Gasteiger partial charge in [-0.05, 0) is 74.2 Å². The van der Waals surface area contributed by atoms with Crippen LogP contribution in [0.5, 0.6) is 0 Å². The second kappa shape index (κ2) is 10.8. The minimum absolute atomic E-state index is 0.159. The van der Waals surface area contributed by atoms with Crippen LogP contribution in [0, 0.1) is 0 Å². The highest BCUT2D eigenvalue weighted by molar-refractivity contribution is 6.11. The van der Waals surface area contributed by atoms with E-state index in [0.29, 0.717) is 0 Å². The van der Waals surface area contributed by atoms with E-state index in [9.17, 15) is 4.79 Å². The van der Waals surface area contributed by atoms with Crippen LogP contribution in [0.1, 0.15) is 37.8 Å². The summed E-state index contributed by atoms with van der Waals surface area (Å²) < 4.78 is 4.73. The topological polar surface area (TPSA) is 26.9 Å². The first-order valence-electron chi connectivity index (χ1n) is 15.0. The monoisotopic (exact) mass is 546 g/mol. The van der Waals surface area contributed by atoms with Gasteiger partial charge in [-0.25, -0.2) is 0 Å². The molecule has 0 amide bonds. The van der Waals surface area contributed by atoms with Gasteiger partial charge in [-0.2, -0.15) is 0 Å². The Morgan fingerprint density at radius 3 is 1.45 bits per heavy atom. The molecule has 1 fully saturated rings. The van der Waals surface area contributed by atoms with E-state index in [1.54, 1.807) is 0 Å². The molecule has 1 saturated carbocycles. The molecule has 4 aromatic carbocycles. The summed E-state index contributed by atoms with van der Waals surface area (Å²) in [4.78, 5) is 13.1. The van der Waals surface area contributed by atoms with Gasteiger partial charge >= 0.3 is 0 Å². The Kier molecular flexibility index (Phi) is 6.71. The highest BCUT2D eigenvalue weighted by atomic mass is 16.1. The number of rotatable bonds is 6. The Labute approximate surface area is 246 Å². The maximum Gasteiger partial charge on any atom is 0.185 e. The largest absolute Gasteiger partial charge is 0.341 e. The molecule has 1 aliphatic rings. The van der Waals surface area contributed by atoms with Crippen molar-refractivity contribution in [2.45, 2.75) is 39.8 Å². The molecule has 0 spiro atoms. The third kappa shape index (κ3) is 4.42. The van der Waals surface area contributed by atoms with Crippen LogP contribution in [0.2, 0.25) is 0 Å². The second-order valence-electron chi connectivity index (χ2n) is 11.0. The van der Waals surface area contributed by atoms with Crippen LogP contribution in [0.4, 0.5) is 0 Å². The number of aromatic nitrogens is 2. The fraction of sp³-hybridized carbons (Fsp3) is 0.154. The van der Waals surface area contributed by atoms with Gasteiger partial charge in [0.25, 0.3) is 0 Å². The van der Waals surface area contributed by atoms with Gasteiger partial charge in [0, 0.05) is 67.8 Å². The predicted octanol–water partition coefficient (Wildman–Crippen LogP) is 9.88. The lowest BCUT2D eigenvalue weighted by molar-refractivity contribution is -0.111. The van der Waals surface area contributed by atoms with Gasteiger partial charge in [0.15, 0.2) is 5.78 Å². The van der Waals surface area contributed by atoms with Crippen LogP contribution in [0.25, 0.3) is 55.8 Å². The van der Waals surface area contributed by atoms with Gasteiger partial charge in [0.05, 0.1) is 0 Å². The molecule has 2 heterocycles. The van der Waals surface area contributed by atoms with Crippen LogP contribution in [-0.4, -0.2) is 14.9 Å². The van der Waals surface area contributed by atoms with Crippen molar-refractivity contribution < 1.29 is 4.79 Å². The second-order valence-corrected chi connectivity index (χ2v) is 11.0. The van der Waals surface area contributed by atoms with E-state index in [4.69, 9.17) is 0 Å². The summed E-state index contributed by atoms with van der Waals surface area (Å²) in [6.45, 7) is 6.26. The summed E-state index contributed by atoms with van der Waals surface area (Å²) in [6.07, 6.45) is 13.8. The smallest absolute Gasteiger partial charge is 0.185 e. The lowest BCUT2D eigenvalue weighted by Crippen LogP contribution is -1.94. The van der Waals surface area contributed by atoms with Crippen LogP contribution in [0.3, 0.4) is 0 Å². The van der Waals surface area contributed by atoms with Gasteiger partial charge in [0.1, 0.15) is 0 Å². The molecule has 0 atom stereocenters. The van der Waals surface area contributed by atoms with Crippen molar-refractivity contribution in [1.29, 1.82) is 0 Å². The lowest BCUT2D eigenvalue weighted by atomic mass is 10.1. The van der Waals surface area contributed by atoms with Crippen molar-refractivity contribution >= 4 is 61.5 Å². The predicted molar refractivity (Wildman–Crippen MR) is 179 cm³/mol. The Morgan fingerprint density at radius 1 is 0.571 bits per heavy atom. The molecule has 206 valence electrons. The first-order valence-corrected chi connectivity index (χ1v) is 15.0. The summed E-state index contributed by atoms with van der Waals surface area (Å²) in [5.74, 6) is 0.159. The number of ketones is 1. The van der Waals surface area contributed by atoms with E-state index in [1.165, 1.54) is 43.6 Å². The number of hydrogen-bond donors (Lipinski definition) is 0. The van der Waals surface area contributed by atoms with Crippen LogP contribution < -0.4 is 0 Å². The fourth-order valence-corrected chi connectivity index (χ4v) is 6.60. The summed E-state index contributed by atoms with van der Waals surface area (Å²) in [7, 11) is 0. The van der Waals surface area contributed by atoms with Crippen LogP contribution in [0.15, 0.2) is 120 Å². The first kappa shape index (κ1) is 26.0. The van der Waals surface area contributed by atoms with Crippen molar-refractivity contribution in [2.24, 2.45) is 0 Å². The normalized spacial score (nSPS) is 16.3. The van der Waals surface area contributed by atoms with Gasteiger partial charge in [-0.1, -0.05) is 85.0 Å². The Bertz CT molecular complexity index is 1970. The van der Waals surface area contributed by atoms with Crippen molar-refractivity contribution in [1.82, 2.24) is 9.13 Å². The molecule has 0 unspecified atom stereocenters. The van der Waals surface area contributed by atoms with Crippen LogP contribution >= 0.6 is 0 Å². The van der Waals surface area contributed by atoms with Crippen molar-refractivity contribution in [2.75, 3.05) is 0 Å². The molecule has 42 heavy (non-hydrogen) atoms. The number of aryl methyl sites for hydroxylation is 2. The summed E-state index contributed by atoms with van der Waals surface area (Å²) in [6, 6.07) is 30.4. The summed E-state index contributed by atoms with van der Waals surface area (Å²) in [5.41, 5.74) is 9.10. The first-order chi connectivity index (χ1) is 20.7. The molecule has 0 saturated heterocycles. The van der Waals surface area contributed by atoms with Gasteiger partial charge < -0.3 is 9.13 Å². The number of benzene rings is 4. The van der Waals surface area contributed by atoms with E-state index in [0.717, 1.165) is 48.2 Å². The van der Waals surface area contributed by atoms with Gasteiger partial charge in [0.2, 0.25) is 0 Å². The highest BCUT2D eigenvalue weighted by Gasteiger charge is 2.21. The average Bonchev–Trinajstić information content (AvgIpc) is 3.66. The molecule has 0 bridgehead atoms. The quantitative estimate of drug-likeness (QED) is 0.191. The number of nitrogens with zero attached hydrogens (tertiary/aromatic N) is 2. The van der Waals surface area contributed by atoms with E-state index in [1.807, 2.05) is 24.3 Å². The Morgan fingerprint density at radius 2 is 1.00 bits per heavy atom. The zero-order valence-corrected chi connectivity index (χ0v) is 24.2. The SMILES string of the molecule is CCn1c2ccccc2c2cc(C=CC=C3CCC(=CC=Cc4ccc5c(c4)c4ccccc4n5CC)C3=O)ccc21.